The summed E-state index contributed by atoms with van der Waals surface area (Å²) in [6, 6.07) is 6.88. The monoisotopic (exact) mass is 395 g/mol. The zero-order valence-electron chi connectivity index (χ0n) is 15.0. The Kier molecular flexibility index (Phi) is 7.47. The second-order valence-corrected chi connectivity index (χ2v) is 7.32. The van der Waals surface area contributed by atoms with Gasteiger partial charge in [0, 0.05) is 23.7 Å². The highest BCUT2D eigenvalue weighted by molar-refractivity contribution is 8.00. The third kappa shape index (κ3) is 5.22. The Bertz CT molecular complexity index is 763. The van der Waals surface area contributed by atoms with E-state index in [1.807, 2.05) is 16.7 Å². The first-order valence-corrected chi connectivity index (χ1v) is 9.66. The van der Waals surface area contributed by atoms with Crippen LogP contribution in [-0.4, -0.2) is 38.5 Å². The standard InChI is InChI=1S/C17H22ClN5O2S/c1-4-10-23-14(12-6-8-13(18)9-7-12)21-22-17(23)26-11(3)15(24)20-16(25)19-5-2/h6-9,11H,4-5,10H2,1-3H3,(H2,19,20,24,25)/t11-/m1/s1. The van der Waals surface area contributed by atoms with E-state index in [1.54, 1.807) is 26.0 Å². The van der Waals surface area contributed by atoms with Gasteiger partial charge in [-0.05, 0) is 44.5 Å². The van der Waals surface area contributed by atoms with E-state index in [1.165, 1.54) is 11.8 Å². The molecule has 2 N–H and O–H groups in total. The van der Waals surface area contributed by atoms with Crippen LogP contribution >= 0.6 is 23.4 Å². The van der Waals surface area contributed by atoms with Crippen molar-refractivity contribution in [3.05, 3.63) is 29.3 Å². The lowest BCUT2D eigenvalue weighted by Gasteiger charge is -2.13. The fourth-order valence-corrected chi connectivity index (χ4v) is 3.24. The molecule has 9 heteroatoms. The minimum absolute atomic E-state index is 0.375. The maximum atomic E-state index is 12.2. The number of nitrogens with zero attached hydrogens (tertiary/aromatic N) is 3. The van der Waals surface area contributed by atoms with Crippen molar-refractivity contribution in [3.63, 3.8) is 0 Å². The van der Waals surface area contributed by atoms with E-state index < -0.39 is 11.3 Å². The second-order valence-electron chi connectivity index (χ2n) is 5.57. The van der Waals surface area contributed by atoms with Gasteiger partial charge in [-0.25, -0.2) is 4.79 Å². The van der Waals surface area contributed by atoms with Gasteiger partial charge in [0.25, 0.3) is 0 Å². The van der Waals surface area contributed by atoms with E-state index >= 15 is 0 Å². The van der Waals surface area contributed by atoms with Crippen LogP contribution in [0.3, 0.4) is 0 Å². The molecule has 0 saturated carbocycles. The van der Waals surface area contributed by atoms with Crippen molar-refractivity contribution < 1.29 is 9.59 Å². The summed E-state index contributed by atoms with van der Waals surface area (Å²) < 4.78 is 1.98. The lowest BCUT2D eigenvalue weighted by Crippen LogP contribution is -2.42. The summed E-state index contributed by atoms with van der Waals surface area (Å²) in [7, 11) is 0. The van der Waals surface area contributed by atoms with Crippen molar-refractivity contribution in [2.45, 2.75) is 44.1 Å². The fraction of sp³-hybridized carbons (Fsp3) is 0.412. The number of nitrogens with one attached hydrogen (secondary N) is 2. The largest absolute Gasteiger partial charge is 0.338 e. The molecule has 0 spiro atoms. The number of aromatic nitrogens is 3. The predicted molar refractivity (Wildman–Crippen MR) is 103 cm³/mol. The van der Waals surface area contributed by atoms with E-state index in [9.17, 15) is 9.59 Å². The van der Waals surface area contributed by atoms with Gasteiger partial charge in [-0.1, -0.05) is 30.3 Å². The molecule has 0 aliphatic carbocycles. The number of amides is 3. The van der Waals surface area contributed by atoms with Crippen LogP contribution in [0, 0.1) is 0 Å². The first-order chi connectivity index (χ1) is 12.5. The number of thioether (sulfide) groups is 1. The molecule has 1 atom stereocenters. The van der Waals surface area contributed by atoms with Gasteiger partial charge >= 0.3 is 6.03 Å². The van der Waals surface area contributed by atoms with Crippen LogP contribution in [0.25, 0.3) is 11.4 Å². The molecule has 3 amide bonds. The Balaban J connectivity index is 2.17. The lowest BCUT2D eigenvalue weighted by molar-refractivity contribution is -0.119. The minimum Gasteiger partial charge on any atom is -0.338 e. The molecule has 1 aromatic heterocycles. The first kappa shape index (κ1) is 20.3. The highest BCUT2D eigenvalue weighted by atomic mass is 35.5. The Labute approximate surface area is 161 Å². The highest BCUT2D eigenvalue weighted by Gasteiger charge is 2.21. The molecular weight excluding hydrogens is 374 g/mol. The SMILES string of the molecule is CCCn1c(S[C@H](C)C(=O)NC(=O)NCC)nnc1-c1ccc(Cl)cc1. The molecule has 1 aromatic carbocycles. The first-order valence-electron chi connectivity index (χ1n) is 8.40. The zero-order chi connectivity index (χ0) is 19.1. The van der Waals surface area contributed by atoms with Crippen molar-refractivity contribution >= 4 is 35.3 Å². The van der Waals surface area contributed by atoms with Gasteiger partial charge in [-0.3, -0.25) is 10.1 Å². The summed E-state index contributed by atoms with van der Waals surface area (Å²) >= 11 is 7.22. The normalized spacial score (nSPS) is 11.8. The van der Waals surface area contributed by atoms with Gasteiger partial charge in [-0.2, -0.15) is 0 Å². The summed E-state index contributed by atoms with van der Waals surface area (Å²) in [5, 5.41) is 14.2. The van der Waals surface area contributed by atoms with Gasteiger partial charge < -0.3 is 9.88 Å². The van der Waals surface area contributed by atoms with E-state index in [0.29, 0.717) is 16.7 Å². The highest BCUT2D eigenvalue weighted by Crippen LogP contribution is 2.27. The van der Waals surface area contributed by atoms with E-state index in [4.69, 9.17) is 11.6 Å². The lowest BCUT2D eigenvalue weighted by atomic mass is 10.2. The van der Waals surface area contributed by atoms with Gasteiger partial charge in [0.1, 0.15) is 0 Å². The summed E-state index contributed by atoms with van der Waals surface area (Å²) in [4.78, 5) is 23.7. The molecule has 26 heavy (non-hydrogen) atoms. The molecule has 0 bridgehead atoms. The number of urea groups is 1. The maximum absolute atomic E-state index is 12.2. The van der Waals surface area contributed by atoms with E-state index in [2.05, 4.69) is 27.8 Å². The zero-order valence-corrected chi connectivity index (χ0v) is 16.5. The summed E-state index contributed by atoms with van der Waals surface area (Å²) in [5.74, 6) is 0.349. The van der Waals surface area contributed by atoms with Gasteiger partial charge in [0.05, 0.1) is 5.25 Å². The molecule has 2 rings (SSSR count). The van der Waals surface area contributed by atoms with Crippen LogP contribution in [0.1, 0.15) is 27.2 Å². The topological polar surface area (TPSA) is 88.9 Å². The summed E-state index contributed by atoms with van der Waals surface area (Å²) in [5.41, 5.74) is 0.904. The Morgan fingerprint density at radius 1 is 1.23 bits per heavy atom. The molecule has 0 fully saturated rings. The van der Waals surface area contributed by atoms with Crippen LogP contribution in [-0.2, 0) is 11.3 Å². The molecule has 0 unspecified atom stereocenters. The average molecular weight is 396 g/mol. The Morgan fingerprint density at radius 3 is 2.54 bits per heavy atom. The number of hydrogen-bond acceptors (Lipinski definition) is 5. The van der Waals surface area contributed by atoms with Crippen molar-refractivity contribution in [1.29, 1.82) is 0 Å². The van der Waals surface area contributed by atoms with Gasteiger partial charge in [0.15, 0.2) is 11.0 Å². The van der Waals surface area contributed by atoms with Crippen molar-refractivity contribution in [2.24, 2.45) is 0 Å². The van der Waals surface area contributed by atoms with Crippen LogP contribution in [0.5, 0.6) is 0 Å². The van der Waals surface area contributed by atoms with Crippen molar-refractivity contribution in [1.82, 2.24) is 25.4 Å². The van der Waals surface area contributed by atoms with E-state index in [-0.39, 0.29) is 5.91 Å². The van der Waals surface area contributed by atoms with Crippen molar-refractivity contribution in [3.8, 4) is 11.4 Å². The molecule has 1 heterocycles. The molecule has 0 aliphatic rings. The van der Waals surface area contributed by atoms with Crippen LogP contribution in [0.4, 0.5) is 4.79 Å². The van der Waals surface area contributed by atoms with Crippen LogP contribution in [0.2, 0.25) is 5.02 Å². The second kappa shape index (κ2) is 9.59. The third-order valence-corrected chi connectivity index (χ3v) is 4.82. The molecule has 0 saturated heterocycles. The summed E-state index contributed by atoms with van der Waals surface area (Å²) in [6.45, 7) is 6.75. The quantitative estimate of drug-likeness (QED) is 0.702. The molecule has 2 aromatic rings. The number of hydrogen-bond donors (Lipinski definition) is 2. The molecule has 140 valence electrons. The maximum Gasteiger partial charge on any atom is 0.321 e. The predicted octanol–water partition coefficient (Wildman–Crippen LogP) is 3.33. The molecule has 0 aliphatic heterocycles. The van der Waals surface area contributed by atoms with Crippen molar-refractivity contribution in [2.75, 3.05) is 6.54 Å². The van der Waals surface area contributed by atoms with Crippen LogP contribution < -0.4 is 10.6 Å². The third-order valence-electron chi connectivity index (χ3n) is 3.49. The molecule has 0 radical (unpaired) electrons. The van der Waals surface area contributed by atoms with Gasteiger partial charge in [-0.15, -0.1) is 10.2 Å². The minimum atomic E-state index is -0.498. The molecular formula is C17H22ClN5O2S. The molecule has 7 nitrogen and oxygen atoms in total. The number of rotatable bonds is 7. The van der Waals surface area contributed by atoms with Gasteiger partial charge in [0.2, 0.25) is 5.91 Å². The smallest absolute Gasteiger partial charge is 0.321 e. The Morgan fingerprint density at radius 2 is 1.92 bits per heavy atom. The van der Waals surface area contributed by atoms with E-state index in [0.717, 1.165) is 24.4 Å². The fourth-order valence-electron chi connectivity index (χ4n) is 2.24. The number of imide groups is 1. The number of halogens is 1. The number of carbonyl (C=O) groups excluding carboxylic acids is 2. The Hall–Kier alpha value is -2.06. The van der Waals surface area contributed by atoms with Crippen LogP contribution in [0.15, 0.2) is 29.4 Å². The summed E-state index contributed by atoms with van der Waals surface area (Å²) in [6.07, 6.45) is 0.895. The number of carbonyl (C=O) groups is 2. The average Bonchev–Trinajstić information content (AvgIpc) is 2.98. The number of benzene rings is 1.